The van der Waals surface area contributed by atoms with E-state index < -0.39 is 0 Å². The molecular weight excluding hydrogens is 348 g/mol. The highest BCUT2D eigenvalue weighted by Crippen LogP contribution is 2.38. The molecule has 2 fully saturated rings. The molecule has 1 amide bonds. The van der Waals surface area contributed by atoms with Crippen LogP contribution in [0, 0.1) is 6.92 Å². The van der Waals surface area contributed by atoms with Crippen molar-refractivity contribution in [2.24, 2.45) is 0 Å². The van der Waals surface area contributed by atoms with Gasteiger partial charge in [-0.3, -0.25) is 9.59 Å². The maximum Gasteiger partial charge on any atom is 0.251 e. The van der Waals surface area contributed by atoms with Gasteiger partial charge < -0.3 is 10.3 Å². The van der Waals surface area contributed by atoms with Crippen molar-refractivity contribution < 1.29 is 4.79 Å². The molecule has 0 unspecified atom stereocenters. The Morgan fingerprint density at radius 1 is 1.15 bits per heavy atom. The summed E-state index contributed by atoms with van der Waals surface area (Å²) >= 11 is 6.50. The quantitative estimate of drug-likeness (QED) is 0.859. The number of nitrogens with one attached hydrogen (secondary N) is 2. The zero-order valence-electron chi connectivity index (χ0n) is 14.6. The maximum absolute atomic E-state index is 12.5. The zero-order chi connectivity index (χ0) is 18.3. The van der Waals surface area contributed by atoms with Crippen molar-refractivity contribution in [1.82, 2.24) is 10.3 Å². The molecule has 1 aromatic heterocycles. The molecular formula is C21H21ClN2O2. The Bertz CT molecular complexity index is 957. The normalized spacial score (nSPS) is 20.3. The Kier molecular flexibility index (Phi) is 4.45. The third kappa shape index (κ3) is 3.47. The smallest absolute Gasteiger partial charge is 0.251 e. The fourth-order valence-corrected chi connectivity index (χ4v) is 3.82. The minimum absolute atomic E-state index is 0.0328. The first-order valence-corrected chi connectivity index (χ1v) is 9.40. The summed E-state index contributed by atoms with van der Waals surface area (Å²) in [6.07, 6.45) is 5.44. The van der Waals surface area contributed by atoms with Crippen molar-refractivity contribution >= 4 is 23.1 Å². The number of pyridine rings is 1. The van der Waals surface area contributed by atoms with Gasteiger partial charge in [0, 0.05) is 39.9 Å². The van der Waals surface area contributed by atoms with E-state index in [1.165, 1.54) is 0 Å². The van der Waals surface area contributed by atoms with E-state index >= 15 is 0 Å². The van der Waals surface area contributed by atoms with Crippen LogP contribution in [0.4, 0.5) is 0 Å². The van der Waals surface area contributed by atoms with Crippen LogP contribution in [0.1, 0.15) is 54.0 Å². The Hall–Kier alpha value is -2.33. The number of rotatable bonds is 4. The predicted molar refractivity (Wildman–Crippen MR) is 103 cm³/mol. The van der Waals surface area contributed by atoms with Crippen molar-refractivity contribution in [3.8, 4) is 0 Å². The average molecular weight is 369 g/mol. The van der Waals surface area contributed by atoms with E-state index in [1.807, 2.05) is 43.3 Å². The van der Waals surface area contributed by atoms with Crippen LogP contribution in [0.3, 0.4) is 0 Å². The lowest BCUT2D eigenvalue weighted by Crippen LogP contribution is -2.23. The molecule has 1 aliphatic heterocycles. The third-order valence-electron chi connectivity index (χ3n) is 5.06. The van der Waals surface area contributed by atoms with E-state index in [0.29, 0.717) is 17.4 Å². The van der Waals surface area contributed by atoms with Gasteiger partial charge in [0.15, 0.2) is 0 Å². The monoisotopic (exact) mass is 368 g/mol. The molecule has 0 spiro atoms. The number of hydrogen-bond acceptors (Lipinski definition) is 2. The van der Waals surface area contributed by atoms with Gasteiger partial charge in [-0.15, -0.1) is 0 Å². The lowest BCUT2D eigenvalue weighted by Gasteiger charge is -2.14. The van der Waals surface area contributed by atoms with Gasteiger partial charge in [-0.1, -0.05) is 35.9 Å². The predicted octanol–water partition coefficient (Wildman–Crippen LogP) is 3.92. The third-order valence-corrected chi connectivity index (χ3v) is 5.37. The fraction of sp³-hybridized carbons (Fsp3) is 0.333. The molecule has 1 saturated heterocycles. The summed E-state index contributed by atoms with van der Waals surface area (Å²) in [5.41, 5.74) is 4.33. The lowest BCUT2D eigenvalue weighted by atomic mass is 9.97. The molecule has 1 aromatic carbocycles. The van der Waals surface area contributed by atoms with Crippen LogP contribution in [0.25, 0.3) is 5.57 Å². The van der Waals surface area contributed by atoms with E-state index in [2.05, 4.69) is 10.3 Å². The Morgan fingerprint density at radius 2 is 1.96 bits per heavy atom. The fourth-order valence-electron chi connectivity index (χ4n) is 3.48. The first kappa shape index (κ1) is 17.1. The SMILES string of the molecule is Cc1ccc(C(=C[C@H]2CCC(=O)N2)c2ccc(C3CC3)c(=O)[nH]2)c(Cl)c1. The van der Waals surface area contributed by atoms with Crippen molar-refractivity contribution in [2.45, 2.75) is 44.6 Å². The second-order valence-corrected chi connectivity index (χ2v) is 7.61. The van der Waals surface area contributed by atoms with Crippen molar-refractivity contribution in [2.75, 3.05) is 0 Å². The number of aromatic nitrogens is 1. The summed E-state index contributed by atoms with van der Waals surface area (Å²) in [7, 11) is 0. The molecule has 4 nitrogen and oxygen atoms in total. The molecule has 2 N–H and O–H groups in total. The number of amides is 1. The molecule has 1 aliphatic carbocycles. The van der Waals surface area contributed by atoms with Gasteiger partial charge in [-0.2, -0.15) is 0 Å². The largest absolute Gasteiger partial charge is 0.350 e. The van der Waals surface area contributed by atoms with Gasteiger partial charge in [0.1, 0.15) is 0 Å². The number of hydrogen-bond donors (Lipinski definition) is 2. The van der Waals surface area contributed by atoms with E-state index in [1.54, 1.807) is 0 Å². The number of aromatic amines is 1. The van der Waals surface area contributed by atoms with Crippen molar-refractivity contribution in [3.05, 3.63) is 74.2 Å². The maximum atomic E-state index is 12.5. The minimum Gasteiger partial charge on any atom is -0.350 e. The molecule has 5 heteroatoms. The summed E-state index contributed by atoms with van der Waals surface area (Å²) in [5.74, 6) is 0.454. The molecule has 134 valence electrons. The van der Waals surface area contributed by atoms with Crippen molar-refractivity contribution in [1.29, 1.82) is 0 Å². The zero-order valence-corrected chi connectivity index (χ0v) is 15.4. The van der Waals surface area contributed by atoms with E-state index in [9.17, 15) is 9.59 Å². The number of aryl methyl sites for hydroxylation is 1. The van der Waals surface area contributed by atoms with Crippen molar-refractivity contribution in [3.63, 3.8) is 0 Å². The second-order valence-electron chi connectivity index (χ2n) is 7.21. The summed E-state index contributed by atoms with van der Waals surface area (Å²) in [5, 5.41) is 3.59. The van der Waals surface area contributed by atoms with Crippen LogP contribution in [-0.2, 0) is 4.79 Å². The first-order valence-electron chi connectivity index (χ1n) is 9.02. The Balaban J connectivity index is 1.79. The van der Waals surface area contributed by atoms with Gasteiger partial charge in [0.25, 0.3) is 5.56 Å². The van der Waals surface area contributed by atoms with Gasteiger partial charge in [-0.25, -0.2) is 0 Å². The Labute approximate surface area is 157 Å². The summed E-state index contributed by atoms with van der Waals surface area (Å²) < 4.78 is 0. The molecule has 26 heavy (non-hydrogen) atoms. The molecule has 0 radical (unpaired) electrons. The van der Waals surface area contributed by atoms with E-state index in [0.717, 1.165) is 47.2 Å². The highest BCUT2D eigenvalue weighted by atomic mass is 35.5. The molecule has 1 atom stereocenters. The van der Waals surface area contributed by atoms with Crippen LogP contribution >= 0.6 is 11.6 Å². The standard InChI is InChI=1S/C21H21ClN2O2/c1-12-2-6-16(18(22)10-12)17(11-14-5-9-20(25)23-14)19-8-7-15(13-3-4-13)21(26)24-19/h2,6-8,10-11,13-14H,3-5,9H2,1H3,(H,23,25)(H,24,26)/t14-/m1/s1. The number of carbonyl (C=O) groups excluding carboxylic acids is 1. The molecule has 1 saturated carbocycles. The molecule has 4 rings (SSSR count). The van der Waals surface area contributed by atoms with Crippen LogP contribution in [0.2, 0.25) is 5.02 Å². The lowest BCUT2D eigenvalue weighted by molar-refractivity contribution is -0.119. The number of benzene rings is 1. The van der Waals surface area contributed by atoms with Crippen LogP contribution < -0.4 is 10.9 Å². The van der Waals surface area contributed by atoms with Crippen LogP contribution in [0.5, 0.6) is 0 Å². The van der Waals surface area contributed by atoms with Gasteiger partial charge in [-0.05, 0) is 49.8 Å². The molecule has 0 bridgehead atoms. The van der Waals surface area contributed by atoms with E-state index in [4.69, 9.17) is 11.6 Å². The molecule has 2 aromatic rings. The van der Waals surface area contributed by atoms with Crippen LogP contribution in [-0.4, -0.2) is 16.9 Å². The summed E-state index contributed by atoms with van der Waals surface area (Å²) in [6.45, 7) is 1.99. The second kappa shape index (κ2) is 6.76. The first-order chi connectivity index (χ1) is 12.5. The summed E-state index contributed by atoms with van der Waals surface area (Å²) in [6, 6.07) is 9.70. The number of halogens is 1. The highest BCUT2D eigenvalue weighted by molar-refractivity contribution is 6.32. The van der Waals surface area contributed by atoms with Crippen LogP contribution in [0.15, 0.2) is 41.2 Å². The van der Waals surface area contributed by atoms with Gasteiger partial charge in [0.05, 0.1) is 0 Å². The average Bonchev–Trinajstić information content (AvgIpc) is 3.35. The molecule has 2 aliphatic rings. The van der Waals surface area contributed by atoms with Gasteiger partial charge in [0.2, 0.25) is 5.91 Å². The highest BCUT2D eigenvalue weighted by Gasteiger charge is 2.27. The Morgan fingerprint density at radius 3 is 2.58 bits per heavy atom. The number of H-pyrrole nitrogens is 1. The van der Waals surface area contributed by atoms with E-state index in [-0.39, 0.29) is 17.5 Å². The topological polar surface area (TPSA) is 62.0 Å². The molecule has 2 heterocycles. The van der Waals surface area contributed by atoms with Gasteiger partial charge >= 0.3 is 0 Å². The minimum atomic E-state index is -0.0542. The summed E-state index contributed by atoms with van der Waals surface area (Å²) in [4.78, 5) is 27.1. The number of carbonyl (C=O) groups is 1.